The Labute approximate surface area is 88.3 Å². The lowest BCUT2D eigenvalue weighted by atomic mass is 10.1. The van der Waals surface area contributed by atoms with E-state index in [0.717, 1.165) is 5.56 Å². The van der Waals surface area contributed by atoms with Crippen LogP contribution in [-0.2, 0) is 0 Å². The van der Waals surface area contributed by atoms with Crippen LogP contribution in [0.3, 0.4) is 0 Å². The van der Waals surface area contributed by atoms with E-state index in [-0.39, 0.29) is 5.38 Å². The molecule has 13 heavy (non-hydrogen) atoms. The zero-order valence-electron chi connectivity index (χ0n) is 7.32. The number of hydrogen-bond acceptors (Lipinski definition) is 1. The quantitative estimate of drug-likeness (QED) is 0.775. The summed E-state index contributed by atoms with van der Waals surface area (Å²) in [6.45, 7) is 1.77. The summed E-state index contributed by atoms with van der Waals surface area (Å²) in [4.78, 5) is 0. The largest absolute Gasteiger partial charge is 0.387 e. The molecule has 0 aromatic heterocycles. The van der Waals surface area contributed by atoms with E-state index in [4.69, 9.17) is 23.2 Å². The van der Waals surface area contributed by atoms with Gasteiger partial charge >= 0.3 is 0 Å². The predicted octanol–water partition coefficient (Wildman–Crippen LogP) is 2.95. The molecule has 0 fully saturated rings. The normalized spacial score (nSPS) is 17.8. The Morgan fingerprint density at radius 1 is 1.15 bits per heavy atom. The first kappa shape index (κ1) is 10.8. The van der Waals surface area contributed by atoms with Crippen LogP contribution in [0.2, 0.25) is 0 Å². The fraction of sp³-hybridized carbons (Fsp3) is 0.400. The molecular formula is C10H12Cl2O. The zero-order chi connectivity index (χ0) is 9.84. The predicted molar refractivity (Wildman–Crippen MR) is 56.4 cm³/mol. The summed E-state index contributed by atoms with van der Waals surface area (Å²) in [6, 6.07) is 9.28. The van der Waals surface area contributed by atoms with E-state index in [0.29, 0.717) is 0 Å². The van der Waals surface area contributed by atoms with Gasteiger partial charge < -0.3 is 5.11 Å². The van der Waals surface area contributed by atoms with Crippen LogP contribution >= 0.6 is 23.2 Å². The molecule has 3 unspecified atom stereocenters. The van der Waals surface area contributed by atoms with Crippen molar-refractivity contribution in [3.63, 3.8) is 0 Å². The molecule has 1 nitrogen and oxygen atoms in total. The minimum atomic E-state index is -0.699. The van der Waals surface area contributed by atoms with Crippen molar-refractivity contribution in [1.29, 1.82) is 0 Å². The highest BCUT2D eigenvalue weighted by Gasteiger charge is 2.22. The first-order valence-electron chi connectivity index (χ1n) is 4.14. The lowest BCUT2D eigenvalue weighted by Crippen LogP contribution is -2.20. The van der Waals surface area contributed by atoms with Gasteiger partial charge in [0.25, 0.3) is 0 Å². The molecule has 0 radical (unpaired) electrons. The maximum atomic E-state index is 9.74. The van der Waals surface area contributed by atoms with E-state index in [1.54, 1.807) is 6.92 Å². The summed E-state index contributed by atoms with van der Waals surface area (Å²) in [6.07, 6.45) is -0.699. The fourth-order valence-corrected chi connectivity index (χ4v) is 1.37. The number of benzene rings is 1. The Bertz CT molecular complexity index is 248. The van der Waals surface area contributed by atoms with Gasteiger partial charge in [-0.25, -0.2) is 0 Å². The standard InChI is InChI=1S/C10H12Cl2O/c1-7(11)9(12)10(13)8-5-3-2-4-6-8/h2-7,9-10,13H,1H3. The number of rotatable bonds is 3. The minimum absolute atomic E-state index is 0.253. The van der Waals surface area contributed by atoms with E-state index in [2.05, 4.69) is 0 Å². The Kier molecular flexibility index (Phi) is 4.04. The number of aliphatic hydroxyl groups is 1. The molecule has 3 heteroatoms. The second-order valence-electron chi connectivity index (χ2n) is 2.98. The Balaban J connectivity index is 2.73. The van der Waals surface area contributed by atoms with Gasteiger partial charge in [-0.3, -0.25) is 0 Å². The highest BCUT2D eigenvalue weighted by molar-refractivity contribution is 6.30. The van der Waals surface area contributed by atoms with E-state index in [1.165, 1.54) is 0 Å². The van der Waals surface area contributed by atoms with Gasteiger partial charge in [0.1, 0.15) is 0 Å². The van der Waals surface area contributed by atoms with Crippen molar-refractivity contribution in [2.24, 2.45) is 0 Å². The Morgan fingerprint density at radius 2 is 1.69 bits per heavy atom. The van der Waals surface area contributed by atoms with Gasteiger partial charge in [0.2, 0.25) is 0 Å². The molecule has 0 heterocycles. The number of alkyl halides is 2. The summed E-state index contributed by atoms with van der Waals surface area (Å²) in [5.41, 5.74) is 0.801. The van der Waals surface area contributed by atoms with Crippen molar-refractivity contribution in [2.75, 3.05) is 0 Å². The molecule has 72 valence electrons. The zero-order valence-corrected chi connectivity index (χ0v) is 8.83. The highest BCUT2D eigenvalue weighted by Crippen LogP contribution is 2.25. The van der Waals surface area contributed by atoms with Crippen LogP contribution in [0.15, 0.2) is 30.3 Å². The SMILES string of the molecule is CC(Cl)C(Cl)C(O)c1ccccc1. The van der Waals surface area contributed by atoms with Crippen LogP contribution in [-0.4, -0.2) is 15.9 Å². The summed E-state index contributed by atoms with van der Waals surface area (Å²) in [5, 5.41) is 9.04. The average Bonchev–Trinajstić information content (AvgIpc) is 2.17. The molecule has 0 aliphatic carbocycles. The second kappa shape index (κ2) is 4.85. The minimum Gasteiger partial charge on any atom is -0.387 e. The molecule has 1 rings (SSSR count). The Morgan fingerprint density at radius 3 is 2.15 bits per heavy atom. The highest BCUT2D eigenvalue weighted by atomic mass is 35.5. The Hall–Kier alpha value is -0.240. The smallest absolute Gasteiger partial charge is 0.0967 e. The molecule has 0 amide bonds. The third-order valence-corrected chi connectivity index (χ3v) is 2.90. The first-order valence-corrected chi connectivity index (χ1v) is 5.01. The second-order valence-corrected chi connectivity index (χ2v) is 4.17. The molecule has 1 aromatic rings. The monoisotopic (exact) mass is 218 g/mol. The van der Waals surface area contributed by atoms with Crippen molar-refractivity contribution in [2.45, 2.75) is 23.8 Å². The molecule has 0 spiro atoms. The molecular weight excluding hydrogens is 207 g/mol. The van der Waals surface area contributed by atoms with Crippen LogP contribution in [0.4, 0.5) is 0 Å². The number of hydrogen-bond donors (Lipinski definition) is 1. The molecule has 0 aliphatic rings. The van der Waals surface area contributed by atoms with Crippen LogP contribution in [0, 0.1) is 0 Å². The van der Waals surface area contributed by atoms with Gasteiger partial charge in [-0.15, -0.1) is 23.2 Å². The molecule has 0 saturated carbocycles. The summed E-state index contributed by atoms with van der Waals surface area (Å²) in [7, 11) is 0. The van der Waals surface area contributed by atoms with Gasteiger partial charge in [-0.1, -0.05) is 30.3 Å². The van der Waals surface area contributed by atoms with Gasteiger partial charge in [0, 0.05) is 5.38 Å². The average molecular weight is 219 g/mol. The van der Waals surface area contributed by atoms with Crippen LogP contribution in [0.25, 0.3) is 0 Å². The molecule has 1 N–H and O–H groups in total. The molecule has 1 aromatic carbocycles. The maximum absolute atomic E-state index is 9.74. The lowest BCUT2D eigenvalue weighted by Gasteiger charge is -2.18. The summed E-state index contributed by atoms with van der Waals surface area (Å²) < 4.78 is 0. The van der Waals surface area contributed by atoms with Crippen LogP contribution in [0.5, 0.6) is 0 Å². The van der Waals surface area contributed by atoms with Crippen molar-refractivity contribution in [1.82, 2.24) is 0 Å². The van der Waals surface area contributed by atoms with Gasteiger partial charge in [-0.2, -0.15) is 0 Å². The molecule has 0 aliphatic heterocycles. The van der Waals surface area contributed by atoms with E-state index in [9.17, 15) is 5.11 Å². The summed E-state index contributed by atoms with van der Waals surface area (Å²) in [5.74, 6) is 0. The maximum Gasteiger partial charge on any atom is 0.0967 e. The van der Waals surface area contributed by atoms with Crippen molar-refractivity contribution in [3.8, 4) is 0 Å². The van der Waals surface area contributed by atoms with E-state index < -0.39 is 11.5 Å². The molecule has 0 bridgehead atoms. The first-order chi connectivity index (χ1) is 6.13. The van der Waals surface area contributed by atoms with Gasteiger partial charge in [-0.05, 0) is 12.5 Å². The summed E-state index contributed by atoms with van der Waals surface area (Å²) >= 11 is 11.7. The lowest BCUT2D eigenvalue weighted by molar-refractivity contribution is 0.171. The van der Waals surface area contributed by atoms with Crippen LogP contribution in [0.1, 0.15) is 18.6 Å². The molecule has 3 atom stereocenters. The van der Waals surface area contributed by atoms with Gasteiger partial charge in [0.15, 0.2) is 0 Å². The number of halogens is 2. The van der Waals surface area contributed by atoms with Gasteiger partial charge in [0.05, 0.1) is 11.5 Å². The van der Waals surface area contributed by atoms with Crippen LogP contribution < -0.4 is 0 Å². The number of aliphatic hydroxyl groups excluding tert-OH is 1. The topological polar surface area (TPSA) is 20.2 Å². The third kappa shape index (κ3) is 2.87. The third-order valence-electron chi connectivity index (χ3n) is 1.88. The van der Waals surface area contributed by atoms with Crippen molar-refractivity contribution in [3.05, 3.63) is 35.9 Å². The fourth-order valence-electron chi connectivity index (χ4n) is 1.09. The van der Waals surface area contributed by atoms with Crippen molar-refractivity contribution >= 4 is 23.2 Å². The van der Waals surface area contributed by atoms with Crippen molar-refractivity contribution < 1.29 is 5.11 Å². The van der Waals surface area contributed by atoms with E-state index >= 15 is 0 Å². The van der Waals surface area contributed by atoms with E-state index in [1.807, 2.05) is 30.3 Å². The molecule has 0 saturated heterocycles.